The maximum atomic E-state index is 4.59. The van der Waals surface area contributed by atoms with Crippen LogP contribution in [0.4, 0.5) is 17.1 Å². The molecule has 0 amide bonds. The lowest BCUT2D eigenvalue weighted by molar-refractivity contribution is 0.866. The van der Waals surface area contributed by atoms with Crippen LogP contribution < -0.4 is 14.7 Å². The third-order valence-corrected chi connectivity index (χ3v) is 8.97. The van der Waals surface area contributed by atoms with Gasteiger partial charge in [-0.2, -0.15) is 0 Å². The minimum atomic E-state index is 0. The van der Waals surface area contributed by atoms with Gasteiger partial charge in [-0.25, -0.2) is 0 Å². The summed E-state index contributed by atoms with van der Waals surface area (Å²) in [6.07, 6.45) is 15.4. The second-order valence-electron chi connectivity index (χ2n) is 11.5. The Morgan fingerprint density at radius 2 is 0.863 bits per heavy atom. The fraction of sp³-hybridized carbons (Fsp3) is 0.383. The quantitative estimate of drug-likeness (QED) is 0.148. The maximum absolute atomic E-state index is 4.59. The van der Waals surface area contributed by atoms with Crippen LogP contribution in [0.5, 0.6) is 0 Å². The minimum absolute atomic E-state index is 0. The number of nitrogens with zero attached hydrogens (tertiary/aromatic N) is 4. The smallest absolute Gasteiger partial charge is 0.0574 e. The van der Waals surface area contributed by atoms with Crippen LogP contribution in [0, 0.1) is 0 Å². The average molecular weight is 689 g/mol. The molecule has 0 fully saturated rings. The predicted octanol–water partition coefficient (Wildman–Crippen LogP) is 12.6. The molecule has 4 rings (SSSR count). The molecule has 276 valence electrons. The molecule has 3 aromatic rings. The lowest BCUT2D eigenvalue weighted by Crippen LogP contribution is -2.21. The normalized spacial score (nSPS) is 11.5. The highest BCUT2D eigenvalue weighted by Crippen LogP contribution is 2.30. The molecular formula is C47H68N4. The Bertz CT molecular complexity index is 1510. The fourth-order valence-corrected chi connectivity index (χ4v) is 6.21. The molecule has 0 heterocycles. The third-order valence-electron chi connectivity index (χ3n) is 8.97. The Kier molecular flexibility index (Phi) is 20.7. The molecule has 0 saturated carbocycles. The summed E-state index contributed by atoms with van der Waals surface area (Å²) in [5.41, 5.74) is 11.9. The van der Waals surface area contributed by atoms with E-state index in [1.807, 2.05) is 13.8 Å². The minimum Gasteiger partial charge on any atom is -0.372 e. The number of allylic oxidation sites excluding steroid dienone is 9. The Hall–Kier alpha value is -4.57. The van der Waals surface area contributed by atoms with Crippen molar-refractivity contribution in [2.75, 3.05) is 60.5 Å². The third kappa shape index (κ3) is 12.0. The first kappa shape index (κ1) is 44.5. The van der Waals surface area contributed by atoms with Gasteiger partial charge in [-0.15, -0.1) is 0 Å². The first-order chi connectivity index (χ1) is 24.0. The van der Waals surface area contributed by atoms with Crippen LogP contribution in [0.2, 0.25) is 0 Å². The summed E-state index contributed by atoms with van der Waals surface area (Å²) in [7, 11) is 0. The molecule has 0 unspecified atom stereocenters. The van der Waals surface area contributed by atoms with Crippen LogP contribution in [-0.4, -0.2) is 51.5 Å². The second-order valence-corrected chi connectivity index (χ2v) is 11.5. The standard InChI is InChI=1S/C43H54N4.C2H6.2CH4/c1-8-44-38-26-18-34(19-27-38)42(35-20-28-39(29-21-35)45(9-2)10-3)16-15-17-43(36-22-30-40(31-23-36)46(11-4)12-5)37-24-32-41(33-25-37)47(13-6)14-7;1-2;;/h15-33H,8-14H2,1-7H3;1-2H3;2*1H4/b16-15+,42-34?,44-38?;;;. The van der Waals surface area contributed by atoms with Crippen LogP contribution in [0.25, 0.3) is 11.1 Å². The predicted molar refractivity (Wildman–Crippen MR) is 234 cm³/mol. The van der Waals surface area contributed by atoms with Crippen LogP contribution in [0.15, 0.2) is 126 Å². The van der Waals surface area contributed by atoms with Crippen LogP contribution >= 0.6 is 0 Å². The van der Waals surface area contributed by atoms with E-state index in [0.29, 0.717) is 0 Å². The summed E-state index contributed by atoms with van der Waals surface area (Å²) >= 11 is 0. The van der Waals surface area contributed by atoms with Crippen molar-refractivity contribution in [3.05, 3.63) is 138 Å². The van der Waals surface area contributed by atoms with Gasteiger partial charge in [0.1, 0.15) is 0 Å². The van der Waals surface area contributed by atoms with Crippen LogP contribution in [0.1, 0.15) is 93.9 Å². The largest absolute Gasteiger partial charge is 0.372 e. The highest BCUT2D eigenvalue weighted by Gasteiger charge is 2.11. The summed E-state index contributed by atoms with van der Waals surface area (Å²) in [4.78, 5) is 11.7. The van der Waals surface area contributed by atoms with Gasteiger partial charge in [-0.05, 0) is 130 Å². The van der Waals surface area contributed by atoms with Gasteiger partial charge in [-0.1, -0.05) is 95.5 Å². The molecule has 1 aliphatic rings. The molecule has 0 spiro atoms. The highest BCUT2D eigenvalue weighted by atomic mass is 15.1. The number of anilines is 3. The van der Waals surface area contributed by atoms with Crippen molar-refractivity contribution in [2.24, 2.45) is 4.99 Å². The van der Waals surface area contributed by atoms with Crippen molar-refractivity contribution in [1.82, 2.24) is 0 Å². The Labute approximate surface area is 313 Å². The lowest BCUT2D eigenvalue weighted by atomic mass is 9.94. The number of benzene rings is 3. The van der Waals surface area contributed by atoms with Gasteiger partial charge >= 0.3 is 0 Å². The lowest BCUT2D eigenvalue weighted by Gasteiger charge is -2.22. The molecule has 51 heavy (non-hydrogen) atoms. The van der Waals surface area contributed by atoms with Crippen molar-refractivity contribution >= 4 is 33.9 Å². The van der Waals surface area contributed by atoms with E-state index >= 15 is 0 Å². The van der Waals surface area contributed by atoms with Crippen molar-refractivity contribution in [2.45, 2.75) is 77.2 Å². The Morgan fingerprint density at radius 3 is 1.20 bits per heavy atom. The fourth-order valence-electron chi connectivity index (χ4n) is 6.21. The van der Waals surface area contributed by atoms with Crippen LogP contribution in [0.3, 0.4) is 0 Å². The van der Waals surface area contributed by atoms with Gasteiger partial charge in [0.2, 0.25) is 0 Å². The average Bonchev–Trinajstić information content (AvgIpc) is 3.16. The number of hydrogen-bond acceptors (Lipinski definition) is 4. The molecule has 0 atom stereocenters. The van der Waals surface area contributed by atoms with E-state index in [9.17, 15) is 0 Å². The van der Waals surface area contributed by atoms with E-state index in [0.717, 1.165) is 51.5 Å². The van der Waals surface area contributed by atoms with Gasteiger partial charge in [-0.3, -0.25) is 4.99 Å². The molecule has 0 bridgehead atoms. The van der Waals surface area contributed by atoms with Gasteiger partial charge in [0.05, 0.1) is 5.71 Å². The molecule has 1 aliphatic carbocycles. The zero-order valence-corrected chi connectivity index (χ0v) is 31.7. The van der Waals surface area contributed by atoms with Crippen LogP contribution in [-0.2, 0) is 0 Å². The molecule has 0 saturated heterocycles. The van der Waals surface area contributed by atoms with Gasteiger partial charge in [0.15, 0.2) is 0 Å². The Balaban J connectivity index is 0.00000319. The number of rotatable bonds is 15. The SMILES string of the molecule is C.C.CC.CCN=C1C=CC(=C(/C=C/C=C(c2ccc(N(CC)CC)cc2)c2ccc(N(CC)CC)cc2)c2ccc(N(CC)CC)cc2)C=C1. The van der Waals surface area contributed by atoms with Gasteiger partial charge < -0.3 is 14.7 Å². The molecule has 0 N–H and O–H groups in total. The van der Waals surface area contributed by atoms with E-state index in [-0.39, 0.29) is 14.9 Å². The van der Waals surface area contributed by atoms with E-state index in [2.05, 4.69) is 183 Å². The van der Waals surface area contributed by atoms with E-state index < -0.39 is 0 Å². The molecule has 4 nitrogen and oxygen atoms in total. The van der Waals surface area contributed by atoms with Gasteiger partial charge in [0.25, 0.3) is 0 Å². The van der Waals surface area contributed by atoms with Crippen molar-refractivity contribution in [3.63, 3.8) is 0 Å². The van der Waals surface area contributed by atoms with Crippen molar-refractivity contribution in [3.8, 4) is 0 Å². The number of hydrogen-bond donors (Lipinski definition) is 0. The van der Waals surface area contributed by atoms with E-state index in [1.54, 1.807) is 0 Å². The molecule has 0 radical (unpaired) electrons. The monoisotopic (exact) mass is 689 g/mol. The molecule has 3 aromatic carbocycles. The second kappa shape index (κ2) is 23.8. The highest BCUT2D eigenvalue weighted by molar-refractivity contribution is 6.07. The molecular weight excluding hydrogens is 621 g/mol. The summed E-state index contributed by atoms with van der Waals surface area (Å²) in [5, 5.41) is 0. The summed E-state index contributed by atoms with van der Waals surface area (Å²) in [6.45, 7) is 26.1. The van der Waals surface area contributed by atoms with Crippen molar-refractivity contribution < 1.29 is 0 Å². The summed E-state index contributed by atoms with van der Waals surface area (Å²) < 4.78 is 0. The zero-order chi connectivity index (χ0) is 35.6. The number of aliphatic imine (C=N–C) groups is 1. The summed E-state index contributed by atoms with van der Waals surface area (Å²) in [6, 6.07) is 27.0. The molecule has 0 aliphatic heterocycles. The van der Waals surface area contributed by atoms with E-state index in [4.69, 9.17) is 0 Å². The van der Waals surface area contributed by atoms with Crippen molar-refractivity contribution in [1.29, 1.82) is 0 Å². The topological polar surface area (TPSA) is 22.1 Å². The first-order valence-corrected chi connectivity index (χ1v) is 18.6. The molecule has 4 heteroatoms. The summed E-state index contributed by atoms with van der Waals surface area (Å²) in [5.74, 6) is 0. The molecule has 0 aromatic heterocycles. The maximum Gasteiger partial charge on any atom is 0.0574 e. The van der Waals surface area contributed by atoms with E-state index in [1.165, 1.54) is 50.5 Å². The zero-order valence-electron chi connectivity index (χ0n) is 31.7. The Morgan fingerprint density at radius 1 is 0.510 bits per heavy atom. The van der Waals surface area contributed by atoms with Gasteiger partial charge in [0, 0.05) is 62.9 Å². The first-order valence-electron chi connectivity index (χ1n) is 18.6.